The summed E-state index contributed by atoms with van der Waals surface area (Å²) in [6, 6.07) is 11.4. The zero-order valence-electron chi connectivity index (χ0n) is 9.46. The highest BCUT2D eigenvalue weighted by atomic mass is 16.3. The minimum atomic E-state index is -0.0254. The van der Waals surface area contributed by atoms with Crippen LogP contribution in [-0.4, -0.2) is 9.13 Å². The molecule has 17 heavy (non-hydrogen) atoms. The second kappa shape index (κ2) is 3.66. The van der Waals surface area contributed by atoms with Crippen molar-refractivity contribution in [1.29, 1.82) is 0 Å². The molecule has 2 aromatic heterocycles. The van der Waals surface area contributed by atoms with E-state index in [1.165, 1.54) is 0 Å². The maximum absolute atomic E-state index is 12.1. The standard InChI is InChI=1S/C13H12N2O2/c1-14-11-6-2-3-7-12(11)15(13(14)16)9-10-5-4-8-17-10/h2-8H,9H2,1H3. The van der Waals surface area contributed by atoms with Crippen molar-refractivity contribution in [2.45, 2.75) is 6.54 Å². The fourth-order valence-corrected chi connectivity index (χ4v) is 2.07. The average molecular weight is 228 g/mol. The summed E-state index contributed by atoms with van der Waals surface area (Å²) in [5.41, 5.74) is 1.84. The second-order valence-corrected chi connectivity index (χ2v) is 4.00. The fraction of sp³-hybridized carbons (Fsp3) is 0.154. The topological polar surface area (TPSA) is 40.1 Å². The minimum absolute atomic E-state index is 0.0254. The molecule has 0 aliphatic rings. The molecule has 0 bridgehead atoms. The van der Waals surface area contributed by atoms with E-state index in [1.54, 1.807) is 22.4 Å². The van der Waals surface area contributed by atoms with Crippen LogP contribution >= 0.6 is 0 Å². The van der Waals surface area contributed by atoms with E-state index in [9.17, 15) is 4.79 Å². The number of imidazole rings is 1. The third-order valence-electron chi connectivity index (χ3n) is 2.95. The van der Waals surface area contributed by atoms with E-state index in [-0.39, 0.29) is 5.69 Å². The molecule has 0 fully saturated rings. The first-order chi connectivity index (χ1) is 8.27. The van der Waals surface area contributed by atoms with Crippen LogP contribution in [0, 0.1) is 0 Å². The summed E-state index contributed by atoms with van der Waals surface area (Å²) in [5.74, 6) is 0.781. The molecule has 2 heterocycles. The maximum atomic E-state index is 12.1. The third kappa shape index (κ3) is 1.49. The summed E-state index contributed by atoms with van der Waals surface area (Å²) in [6.07, 6.45) is 1.62. The Labute approximate surface area is 97.7 Å². The molecule has 0 saturated carbocycles. The molecule has 3 aromatic rings. The largest absolute Gasteiger partial charge is 0.467 e. The van der Waals surface area contributed by atoms with Crippen LogP contribution in [0.1, 0.15) is 5.76 Å². The van der Waals surface area contributed by atoms with Crippen molar-refractivity contribution in [3.8, 4) is 0 Å². The number of hydrogen-bond donors (Lipinski definition) is 0. The van der Waals surface area contributed by atoms with Gasteiger partial charge >= 0.3 is 5.69 Å². The number of furan rings is 1. The van der Waals surface area contributed by atoms with Crippen molar-refractivity contribution in [1.82, 2.24) is 9.13 Å². The van der Waals surface area contributed by atoms with Gasteiger partial charge in [-0.05, 0) is 24.3 Å². The minimum Gasteiger partial charge on any atom is -0.467 e. The highest BCUT2D eigenvalue weighted by molar-refractivity contribution is 5.75. The molecular weight excluding hydrogens is 216 g/mol. The van der Waals surface area contributed by atoms with Gasteiger partial charge in [-0.15, -0.1) is 0 Å². The fourth-order valence-electron chi connectivity index (χ4n) is 2.07. The molecule has 0 N–H and O–H groups in total. The van der Waals surface area contributed by atoms with Crippen molar-refractivity contribution in [2.75, 3.05) is 0 Å². The van der Waals surface area contributed by atoms with Gasteiger partial charge in [0.2, 0.25) is 0 Å². The van der Waals surface area contributed by atoms with Crippen molar-refractivity contribution >= 4 is 11.0 Å². The van der Waals surface area contributed by atoms with Gasteiger partial charge in [0.1, 0.15) is 5.76 Å². The van der Waals surface area contributed by atoms with Gasteiger partial charge in [0.25, 0.3) is 0 Å². The van der Waals surface area contributed by atoms with Crippen LogP contribution in [0.25, 0.3) is 11.0 Å². The zero-order chi connectivity index (χ0) is 11.8. The van der Waals surface area contributed by atoms with Crippen molar-refractivity contribution in [3.05, 3.63) is 58.9 Å². The summed E-state index contributed by atoms with van der Waals surface area (Å²) < 4.78 is 8.65. The maximum Gasteiger partial charge on any atom is 0.329 e. The van der Waals surface area contributed by atoms with Gasteiger partial charge in [-0.25, -0.2) is 4.79 Å². The van der Waals surface area contributed by atoms with Gasteiger partial charge in [-0.3, -0.25) is 9.13 Å². The molecular formula is C13H12N2O2. The smallest absolute Gasteiger partial charge is 0.329 e. The first kappa shape index (κ1) is 9.96. The molecule has 3 rings (SSSR count). The average Bonchev–Trinajstić information content (AvgIpc) is 2.94. The van der Waals surface area contributed by atoms with Gasteiger partial charge in [-0.1, -0.05) is 12.1 Å². The Morgan fingerprint density at radius 1 is 1.12 bits per heavy atom. The lowest BCUT2D eigenvalue weighted by atomic mass is 10.3. The number of hydrogen-bond acceptors (Lipinski definition) is 2. The molecule has 0 spiro atoms. The first-order valence-corrected chi connectivity index (χ1v) is 5.44. The van der Waals surface area contributed by atoms with Crippen LogP contribution in [0.5, 0.6) is 0 Å². The van der Waals surface area contributed by atoms with Crippen LogP contribution in [0.4, 0.5) is 0 Å². The number of nitrogens with zero attached hydrogens (tertiary/aromatic N) is 2. The van der Waals surface area contributed by atoms with Crippen LogP contribution in [0.3, 0.4) is 0 Å². The van der Waals surface area contributed by atoms with Crippen LogP contribution in [0.15, 0.2) is 51.9 Å². The van der Waals surface area contributed by atoms with Crippen molar-refractivity contribution in [2.24, 2.45) is 7.05 Å². The predicted molar refractivity (Wildman–Crippen MR) is 65.0 cm³/mol. The lowest BCUT2D eigenvalue weighted by molar-refractivity contribution is 0.491. The highest BCUT2D eigenvalue weighted by Gasteiger charge is 2.10. The third-order valence-corrected chi connectivity index (χ3v) is 2.95. The lowest BCUT2D eigenvalue weighted by Gasteiger charge is -1.99. The summed E-state index contributed by atoms with van der Waals surface area (Å²) >= 11 is 0. The molecule has 0 aliphatic carbocycles. The highest BCUT2D eigenvalue weighted by Crippen LogP contribution is 2.13. The van der Waals surface area contributed by atoms with Crippen LogP contribution < -0.4 is 5.69 Å². The van der Waals surface area contributed by atoms with Crippen molar-refractivity contribution in [3.63, 3.8) is 0 Å². The van der Waals surface area contributed by atoms with Gasteiger partial charge in [0.05, 0.1) is 23.8 Å². The quantitative estimate of drug-likeness (QED) is 0.673. The molecule has 0 saturated heterocycles. The Morgan fingerprint density at radius 2 is 1.88 bits per heavy atom. The van der Waals surface area contributed by atoms with Gasteiger partial charge in [-0.2, -0.15) is 0 Å². The molecule has 1 aromatic carbocycles. The number of rotatable bonds is 2. The van der Waals surface area contributed by atoms with Crippen molar-refractivity contribution < 1.29 is 4.42 Å². The monoisotopic (exact) mass is 228 g/mol. The molecule has 0 aliphatic heterocycles. The second-order valence-electron chi connectivity index (χ2n) is 4.00. The van der Waals surface area contributed by atoms with E-state index in [4.69, 9.17) is 4.42 Å². The molecule has 0 unspecified atom stereocenters. The SMILES string of the molecule is Cn1c(=O)n(Cc2ccco2)c2ccccc21. The molecule has 0 radical (unpaired) electrons. The van der Waals surface area contributed by atoms with E-state index in [2.05, 4.69) is 0 Å². The first-order valence-electron chi connectivity index (χ1n) is 5.44. The Balaban J connectivity index is 2.22. The van der Waals surface area contributed by atoms with E-state index >= 15 is 0 Å². The van der Waals surface area contributed by atoms with E-state index in [1.807, 2.05) is 36.4 Å². The van der Waals surface area contributed by atoms with E-state index in [0.29, 0.717) is 6.54 Å². The molecule has 0 atom stereocenters. The van der Waals surface area contributed by atoms with Gasteiger partial charge < -0.3 is 4.42 Å². The van der Waals surface area contributed by atoms with Gasteiger partial charge in [0, 0.05) is 7.05 Å². The Kier molecular flexibility index (Phi) is 2.14. The summed E-state index contributed by atoms with van der Waals surface area (Å²) in [6.45, 7) is 0.465. The van der Waals surface area contributed by atoms with Crippen LogP contribution in [0.2, 0.25) is 0 Å². The lowest BCUT2D eigenvalue weighted by Crippen LogP contribution is -2.22. The predicted octanol–water partition coefficient (Wildman–Crippen LogP) is 1.98. The number of fused-ring (bicyclic) bond motifs is 1. The molecule has 4 heteroatoms. The number of para-hydroxylation sites is 2. The summed E-state index contributed by atoms with van der Waals surface area (Å²) in [7, 11) is 1.78. The molecule has 0 amide bonds. The molecule has 86 valence electrons. The normalized spacial score (nSPS) is 11.1. The zero-order valence-corrected chi connectivity index (χ0v) is 9.46. The number of aryl methyl sites for hydroxylation is 1. The molecule has 4 nitrogen and oxygen atoms in total. The van der Waals surface area contributed by atoms with E-state index in [0.717, 1.165) is 16.8 Å². The summed E-state index contributed by atoms with van der Waals surface area (Å²) in [5, 5.41) is 0. The Morgan fingerprint density at radius 3 is 2.59 bits per heavy atom. The Bertz CT molecular complexity index is 705. The van der Waals surface area contributed by atoms with E-state index < -0.39 is 0 Å². The summed E-state index contributed by atoms with van der Waals surface area (Å²) in [4.78, 5) is 12.1. The number of benzene rings is 1. The van der Waals surface area contributed by atoms with Crippen LogP contribution in [-0.2, 0) is 13.6 Å². The van der Waals surface area contributed by atoms with Gasteiger partial charge in [0.15, 0.2) is 0 Å². The number of aromatic nitrogens is 2. The Hall–Kier alpha value is -2.23.